The molecule has 440 valence electrons. The third kappa shape index (κ3) is 15.4. The van der Waals surface area contributed by atoms with Gasteiger partial charge in [-0.2, -0.15) is 10.5 Å². The standard InChI is InChI=1S/C59H100FN5O11S/c1-16-50-59(12,70)53(66)41(8)64(14)33-36(3)30-57(10,69)55(39(6)52(40(7)56(68)75-50)49-31-58(11,71-15)54(67)42(9)74-49)76-51-29-46(28-37(4)73-51)63(13)25-22-45-34-65(62-61-45)48(32-60)38(5)44-18-20-47(21-19-44)77(17-2)35-43-23-26-72-27-24-43/h17-21,34,36-43,46,48-55,66-67,69-70H,16,22-33,35H2,1-15H3/t36-,37-,38-,39+,40-,41-,42+,46+,48-,49?,50-,51+,52+,53-,54+,55-,57-,58-,59-,77?/m1/s1. The van der Waals surface area contributed by atoms with Crippen molar-refractivity contribution in [2.24, 2.45) is 29.6 Å². The maximum atomic E-state index is 15.0. The third-order valence-electron chi connectivity index (χ3n) is 18.5. The maximum absolute atomic E-state index is 15.0. The number of benzene rings is 1. The molecule has 0 bridgehead atoms. The molecule has 6 rings (SSSR count). The van der Waals surface area contributed by atoms with E-state index in [0.717, 1.165) is 49.5 Å². The second kappa shape index (κ2) is 27.5. The zero-order valence-corrected chi connectivity index (χ0v) is 50.2. The van der Waals surface area contributed by atoms with Gasteiger partial charge in [0.15, 0.2) is 6.29 Å². The number of cyclic esters (lactones) is 1. The van der Waals surface area contributed by atoms with E-state index in [1.807, 2.05) is 52.8 Å². The highest BCUT2D eigenvalue weighted by molar-refractivity contribution is 8.15. The molecule has 0 spiro atoms. The Labute approximate surface area is 463 Å². The minimum atomic E-state index is -1.79. The van der Waals surface area contributed by atoms with E-state index in [2.05, 4.69) is 72.7 Å². The van der Waals surface area contributed by atoms with Gasteiger partial charge in [-0.25, -0.2) is 9.07 Å². The Morgan fingerprint density at radius 3 is 2.30 bits per heavy atom. The fourth-order valence-electron chi connectivity index (χ4n) is 13.3. The van der Waals surface area contributed by atoms with E-state index < -0.39 is 102 Å². The summed E-state index contributed by atoms with van der Waals surface area (Å²) in [6.45, 7) is 24.9. The maximum Gasteiger partial charge on any atom is 0.309 e. The summed E-state index contributed by atoms with van der Waals surface area (Å²) in [6, 6.07) is 7.69. The number of aromatic nitrogens is 3. The van der Waals surface area contributed by atoms with Gasteiger partial charge in [-0.15, -0.1) is 5.10 Å². The molecular weight excluding hydrogens is 1010 g/mol. The van der Waals surface area contributed by atoms with Crippen molar-refractivity contribution < 1.29 is 58.0 Å². The number of halogens is 1. The molecule has 2 unspecified atom stereocenters. The van der Waals surface area contributed by atoms with Crippen molar-refractivity contribution in [3.63, 3.8) is 0 Å². The van der Waals surface area contributed by atoms with E-state index in [-0.39, 0.29) is 47.3 Å². The number of methoxy groups -OCH3 is 1. The van der Waals surface area contributed by atoms with Crippen LogP contribution < -0.4 is 0 Å². The lowest BCUT2D eigenvalue weighted by molar-refractivity contribution is -0.275. The van der Waals surface area contributed by atoms with Crippen LogP contribution in [0, 0.1) is 29.6 Å². The number of esters is 1. The zero-order chi connectivity index (χ0) is 56.7. The molecule has 4 aliphatic heterocycles. The van der Waals surface area contributed by atoms with E-state index in [1.165, 1.54) is 11.8 Å². The molecule has 18 heteroatoms. The van der Waals surface area contributed by atoms with Crippen LogP contribution in [0.15, 0.2) is 35.4 Å². The molecule has 4 fully saturated rings. The molecule has 4 saturated heterocycles. The van der Waals surface area contributed by atoms with Crippen molar-refractivity contribution in [1.29, 1.82) is 0 Å². The van der Waals surface area contributed by atoms with Crippen LogP contribution in [0.2, 0.25) is 0 Å². The number of hydrogen-bond acceptors (Lipinski definition) is 15. The number of carbonyl (C=O) groups excluding carboxylic acids is 1. The Bertz CT molecular complexity index is 2180. The largest absolute Gasteiger partial charge is 0.459 e. The van der Waals surface area contributed by atoms with Crippen LogP contribution in [0.25, 0.3) is 0 Å². The Kier molecular flexibility index (Phi) is 22.8. The number of rotatable bonds is 16. The summed E-state index contributed by atoms with van der Waals surface area (Å²) >= 11 is 0. The van der Waals surface area contributed by atoms with Crippen molar-refractivity contribution in [3.8, 4) is 0 Å². The topological polar surface area (TPSA) is 191 Å². The Morgan fingerprint density at radius 2 is 1.68 bits per heavy atom. The first-order valence-corrected chi connectivity index (χ1v) is 30.3. The van der Waals surface area contributed by atoms with Crippen LogP contribution in [0.4, 0.5) is 4.39 Å². The predicted molar refractivity (Wildman–Crippen MR) is 300 cm³/mol. The van der Waals surface area contributed by atoms with Crippen LogP contribution in [0.5, 0.6) is 0 Å². The molecular formula is C59H100FN5O11S. The molecule has 0 saturated carbocycles. The summed E-state index contributed by atoms with van der Waals surface area (Å²) in [5.41, 5.74) is -2.46. The SMILES string of the molecule is C/C=S(/CC1CCOCC1)c1ccc([C@@H](C)[C@@H](CF)n2cc(CCN(C)[C@@H]3C[C@H](O[C@@H]4[C@@H](C)[C@H](C5C[C@@](C)(OC)[C@@H](O)[C@H](C)O5)[C@@H](C)C(=O)O[C@H](CC)[C@@](C)(O)[C@H](O)[C@@H](C)N(C)C[C@H](C)C[C@@]4(C)O)O[C@H](C)C3)nn2)cc1. The number of alkyl halides is 1. The molecule has 0 aliphatic carbocycles. The highest BCUT2D eigenvalue weighted by atomic mass is 32.2. The minimum Gasteiger partial charge on any atom is -0.459 e. The van der Waals surface area contributed by atoms with Crippen molar-refractivity contribution in [3.05, 3.63) is 41.7 Å². The van der Waals surface area contributed by atoms with Crippen molar-refractivity contribution in [2.45, 2.75) is 229 Å². The van der Waals surface area contributed by atoms with Gasteiger partial charge >= 0.3 is 5.97 Å². The number of aliphatic hydroxyl groups excluding tert-OH is 2. The summed E-state index contributed by atoms with van der Waals surface area (Å²) in [5.74, 6) is -1.12. The van der Waals surface area contributed by atoms with E-state index >= 15 is 0 Å². The smallest absolute Gasteiger partial charge is 0.309 e. The average Bonchev–Trinajstić information content (AvgIpc) is 3.88. The lowest BCUT2D eigenvalue weighted by Crippen LogP contribution is -2.61. The second-order valence-corrected chi connectivity index (χ2v) is 26.7. The second-order valence-electron chi connectivity index (χ2n) is 24.6. The van der Waals surface area contributed by atoms with Gasteiger partial charge in [0.1, 0.15) is 30.6 Å². The van der Waals surface area contributed by atoms with E-state index in [9.17, 15) is 29.6 Å². The minimum absolute atomic E-state index is 0.0282. The van der Waals surface area contributed by atoms with E-state index in [1.54, 1.807) is 32.6 Å². The first-order chi connectivity index (χ1) is 36.3. The Balaban J connectivity index is 1.21. The van der Waals surface area contributed by atoms with E-state index in [4.69, 9.17) is 28.4 Å². The van der Waals surface area contributed by atoms with Gasteiger partial charge in [0, 0.05) is 87.7 Å². The van der Waals surface area contributed by atoms with Crippen LogP contribution in [0.3, 0.4) is 0 Å². The molecule has 1 aromatic carbocycles. The quantitative estimate of drug-likeness (QED) is 0.0949. The molecule has 5 heterocycles. The van der Waals surface area contributed by atoms with Crippen molar-refractivity contribution >= 4 is 21.8 Å². The highest BCUT2D eigenvalue weighted by Gasteiger charge is 2.54. The summed E-state index contributed by atoms with van der Waals surface area (Å²) in [6.07, 6.45) is 0.281. The predicted octanol–water partition coefficient (Wildman–Crippen LogP) is 7.60. The molecule has 20 atom stereocenters. The van der Waals surface area contributed by atoms with Gasteiger partial charge in [-0.3, -0.25) is 4.79 Å². The van der Waals surface area contributed by atoms with Gasteiger partial charge in [-0.1, -0.05) is 57.3 Å². The lowest BCUT2D eigenvalue weighted by Gasteiger charge is -2.51. The molecule has 0 radical (unpaired) electrons. The van der Waals surface area contributed by atoms with Crippen LogP contribution in [0.1, 0.15) is 151 Å². The number of likely N-dealkylation sites (N-methyl/N-ethyl adjacent to an activating group) is 2. The van der Waals surface area contributed by atoms with E-state index in [0.29, 0.717) is 38.3 Å². The number of ether oxygens (including phenoxy) is 6. The van der Waals surface area contributed by atoms with Crippen LogP contribution >= 0.6 is 10.5 Å². The first-order valence-electron chi connectivity index (χ1n) is 28.9. The van der Waals surface area contributed by atoms with Gasteiger partial charge in [0.25, 0.3) is 0 Å². The number of nitrogens with zero attached hydrogens (tertiary/aromatic N) is 5. The fourth-order valence-corrected chi connectivity index (χ4v) is 15.3. The van der Waals surface area contributed by atoms with Gasteiger partial charge in [0.05, 0.1) is 53.3 Å². The normalized spacial score (nSPS) is 39.2. The Hall–Kier alpha value is -2.46. The molecule has 1 aromatic heterocycles. The fraction of sp³-hybridized carbons (Fsp3) is 0.831. The monoisotopic (exact) mass is 1110 g/mol. The summed E-state index contributed by atoms with van der Waals surface area (Å²) < 4.78 is 54.9. The molecule has 16 nitrogen and oxygen atoms in total. The number of carbonyl (C=O) groups is 1. The van der Waals surface area contributed by atoms with Gasteiger partial charge < -0.3 is 58.6 Å². The van der Waals surface area contributed by atoms with Gasteiger partial charge in [0.2, 0.25) is 0 Å². The molecule has 4 N–H and O–H groups in total. The number of aliphatic hydroxyl groups is 4. The Morgan fingerprint density at radius 1 is 1.00 bits per heavy atom. The van der Waals surface area contributed by atoms with Crippen LogP contribution in [-0.4, -0.2) is 194 Å². The first kappa shape index (κ1) is 63.7. The molecule has 77 heavy (non-hydrogen) atoms. The molecule has 0 amide bonds. The third-order valence-corrected chi connectivity index (χ3v) is 20.8. The average molecular weight is 1110 g/mol. The van der Waals surface area contributed by atoms with Crippen LogP contribution in [-0.2, 0) is 39.6 Å². The van der Waals surface area contributed by atoms with Gasteiger partial charge in [-0.05, 0) is 136 Å². The summed E-state index contributed by atoms with van der Waals surface area (Å²) in [4.78, 5) is 20.2. The van der Waals surface area contributed by atoms with Crippen molar-refractivity contribution in [1.82, 2.24) is 24.8 Å². The van der Waals surface area contributed by atoms with Crippen molar-refractivity contribution in [2.75, 3.05) is 59.9 Å². The molecule has 2 aromatic rings. The molecule has 4 aliphatic rings. The highest BCUT2D eigenvalue weighted by Crippen LogP contribution is 2.45. The lowest BCUT2D eigenvalue weighted by atomic mass is 9.68. The summed E-state index contributed by atoms with van der Waals surface area (Å²) in [7, 11) is 5.57. The number of hydrogen-bond donors (Lipinski definition) is 4. The zero-order valence-electron chi connectivity index (χ0n) is 49.3. The summed E-state index contributed by atoms with van der Waals surface area (Å²) in [5, 5.41) is 59.3.